The van der Waals surface area contributed by atoms with Gasteiger partial charge >= 0.3 is 0 Å². The first-order valence-corrected chi connectivity index (χ1v) is 7.19. The monoisotopic (exact) mass is 261 g/mol. The van der Waals surface area contributed by atoms with E-state index in [9.17, 15) is 4.79 Å². The van der Waals surface area contributed by atoms with Gasteiger partial charge in [-0.3, -0.25) is 4.79 Å². The SMILES string of the molecule is Cc1ccc(S)cc1C(=O)N1CC2CCCC2C1. The maximum atomic E-state index is 12.5. The van der Waals surface area contributed by atoms with E-state index in [1.807, 2.05) is 30.0 Å². The number of fused-ring (bicyclic) bond motifs is 1. The minimum absolute atomic E-state index is 0.192. The van der Waals surface area contributed by atoms with Crippen LogP contribution in [0, 0.1) is 18.8 Å². The number of aryl methyl sites for hydroxylation is 1. The number of hydrogen-bond donors (Lipinski definition) is 1. The van der Waals surface area contributed by atoms with Crippen molar-refractivity contribution in [1.29, 1.82) is 0 Å². The first-order chi connectivity index (χ1) is 8.65. The molecule has 2 atom stereocenters. The summed E-state index contributed by atoms with van der Waals surface area (Å²) in [5, 5.41) is 0. The second-order valence-corrected chi connectivity index (χ2v) is 6.18. The first-order valence-electron chi connectivity index (χ1n) is 6.74. The first kappa shape index (κ1) is 12.1. The summed E-state index contributed by atoms with van der Waals surface area (Å²) in [5.74, 6) is 1.71. The molecule has 1 amide bonds. The molecule has 0 aromatic heterocycles. The van der Waals surface area contributed by atoms with Gasteiger partial charge in [-0.2, -0.15) is 0 Å². The van der Waals surface area contributed by atoms with E-state index in [0.717, 1.165) is 40.9 Å². The molecule has 1 saturated carbocycles. The third-order valence-electron chi connectivity index (χ3n) is 4.47. The molecule has 1 aliphatic carbocycles. The highest BCUT2D eigenvalue weighted by atomic mass is 32.1. The summed E-state index contributed by atoms with van der Waals surface area (Å²) >= 11 is 4.33. The van der Waals surface area contributed by atoms with Crippen molar-refractivity contribution in [1.82, 2.24) is 4.90 Å². The molecule has 2 unspecified atom stereocenters. The Labute approximate surface area is 114 Å². The maximum Gasteiger partial charge on any atom is 0.254 e. The highest BCUT2D eigenvalue weighted by molar-refractivity contribution is 7.80. The van der Waals surface area contributed by atoms with Gasteiger partial charge in [-0.1, -0.05) is 12.5 Å². The molecule has 0 spiro atoms. The van der Waals surface area contributed by atoms with E-state index in [1.165, 1.54) is 19.3 Å². The van der Waals surface area contributed by atoms with Gasteiger partial charge in [-0.25, -0.2) is 0 Å². The summed E-state index contributed by atoms with van der Waals surface area (Å²) in [7, 11) is 0. The number of amides is 1. The molecule has 1 heterocycles. The van der Waals surface area contributed by atoms with E-state index < -0.39 is 0 Å². The largest absolute Gasteiger partial charge is 0.338 e. The van der Waals surface area contributed by atoms with Gasteiger partial charge in [0.05, 0.1) is 0 Å². The topological polar surface area (TPSA) is 20.3 Å². The van der Waals surface area contributed by atoms with E-state index in [2.05, 4.69) is 12.6 Å². The third kappa shape index (κ3) is 2.05. The van der Waals surface area contributed by atoms with Crippen LogP contribution in [0.2, 0.25) is 0 Å². The van der Waals surface area contributed by atoms with Crippen molar-refractivity contribution in [2.75, 3.05) is 13.1 Å². The van der Waals surface area contributed by atoms with Crippen molar-refractivity contribution in [2.45, 2.75) is 31.1 Å². The van der Waals surface area contributed by atoms with Crippen LogP contribution in [0.1, 0.15) is 35.2 Å². The smallest absolute Gasteiger partial charge is 0.254 e. The minimum atomic E-state index is 0.192. The average molecular weight is 261 g/mol. The Morgan fingerprint density at radius 1 is 1.28 bits per heavy atom. The normalized spacial score (nSPS) is 26.4. The van der Waals surface area contributed by atoms with Crippen LogP contribution in [0.3, 0.4) is 0 Å². The fraction of sp³-hybridized carbons (Fsp3) is 0.533. The van der Waals surface area contributed by atoms with E-state index >= 15 is 0 Å². The molecule has 2 nitrogen and oxygen atoms in total. The Morgan fingerprint density at radius 2 is 1.94 bits per heavy atom. The second-order valence-electron chi connectivity index (χ2n) is 5.66. The lowest BCUT2D eigenvalue weighted by Gasteiger charge is -2.18. The van der Waals surface area contributed by atoms with Crippen LogP contribution in [0.25, 0.3) is 0 Å². The van der Waals surface area contributed by atoms with Gasteiger partial charge in [-0.05, 0) is 49.3 Å². The fourth-order valence-corrected chi connectivity index (χ4v) is 3.62. The van der Waals surface area contributed by atoms with E-state index in [-0.39, 0.29) is 5.91 Å². The van der Waals surface area contributed by atoms with Crippen LogP contribution in [-0.4, -0.2) is 23.9 Å². The van der Waals surface area contributed by atoms with Crippen LogP contribution in [0.15, 0.2) is 23.1 Å². The predicted octanol–water partition coefficient (Wildman–Crippen LogP) is 3.16. The molecule has 0 N–H and O–H groups in total. The average Bonchev–Trinajstić information content (AvgIpc) is 2.91. The van der Waals surface area contributed by atoms with Gasteiger partial charge in [0.1, 0.15) is 0 Å². The Balaban J connectivity index is 1.81. The minimum Gasteiger partial charge on any atom is -0.338 e. The van der Waals surface area contributed by atoms with E-state index in [0.29, 0.717) is 0 Å². The van der Waals surface area contributed by atoms with Gasteiger partial charge in [0.25, 0.3) is 5.91 Å². The van der Waals surface area contributed by atoms with Crippen molar-refractivity contribution < 1.29 is 4.79 Å². The number of likely N-dealkylation sites (tertiary alicyclic amines) is 1. The summed E-state index contributed by atoms with van der Waals surface area (Å²) in [5.41, 5.74) is 1.87. The predicted molar refractivity (Wildman–Crippen MR) is 75.2 cm³/mol. The molecule has 3 rings (SSSR count). The lowest BCUT2D eigenvalue weighted by molar-refractivity contribution is 0.0779. The highest BCUT2D eigenvalue weighted by Crippen LogP contribution is 2.38. The van der Waals surface area contributed by atoms with Gasteiger partial charge in [-0.15, -0.1) is 12.6 Å². The molecule has 1 saturated heterocycles. The van der Waals surface area contributed by atoms with Crippen LogP contribution in [0.4, 0.5) is 0 Å². The lowest BCUT2D eigenvalue weighted by atomic mass is 10.0. The Morgan fingerprint density at radius 3 is 2.61 bits per heavy atom. The molecule has 0 bridgehead atoms. The molecule has 2 fully saturated rings. The van der Waals surface area contributed by atoms with E-state index in [4.69, 9.17) is 0 Å². The molecule has 18 heavy (non-hydrogen) atoms. The van der Waals surface area contributed by atoms with Gasteiger partial charge in [0.2, 0.25) is 0 Å². The molecule has 1 aliphatic heterocycles. The number of hydrogen-bond acceptors (Lipinski definition) is 2. The molecule has 1 aromatic carbocycles. The molecular weight excluding hydrogens is 242 g/mol. The van der Waals surface area contributed by atoms with Gasteiger partial charge < -0.3 is 4.90 Å². The summed E-state index contributed by atoms with van der Waals surface area (Å²) in [6.07, 6.45) is 3.96. The molecule has 2 aliphatic rings. The second kappa shape index (κ2) is 4.61. The van der Waals surface area contributed by atoms with Crippen LogP contribution in [-0.2, 0) is 0 Å². The van der Waals surface area contributed by atoms with Crippen LogP contribution >= 0.6 is 12.6 Å². The van der Waals surface area contributed by atoms with Gasteiger partial charge in [0.15, 0.2) is 0 Å². The zero-order valence-corrected chi connectivity index (χ0v) is 11.6. The number of rotatable bonds is 1. The van der Waals surface area contributed by atoms with Crippen molar-refractivity contribution >= 4 is 18.5 Å². The molecule has 3 heteroatoms. The quantitative estimate of drug-likeness (QED) is 0.770. The molecule has 96 valence electrons. The standard InChI is InChI=1S/C15H19NOS/c1-10-5-6-13(18)7-14(10)15(17)16-8-11-3-2-4-12(11)9-16/h5-7,11-12,18H,2-4,8-9H2,1H3. The number of benzene rings is 1. The summed E-state index contributed by atoms with van der Waals surface area (Å²) in [6, 6.07) is 5.81. The van der Waals surface area contributed by atoms with Crippen LogP contribution in [0.5, 0.6) is 0 Å². The third-order valence-corrected chi connectivity index (χ3v) is 4.74. The van der Waals surface area contributed by atoms with Crippen molar-refractivity contribution in [2.24, 2.45) is 11.8 Å². The van der Waals surface area contributed by atoms with Crippen LogP contribution < -0.4 is 0 Å². The molecule has 1 aromatic rings. The summed E-state index contributed by atoms with van der Waals surface area (Å²) in [6.45, 7) is 3.91. The molecule has 0 radical (unpaired) electrons. The maximum absolute atomic E-state index is 12.5. The Hall–Kier alpha value is -0.960. The van der Waals surface area contributed by atoms with Gasteiger partial charge in [0, 0.05) is 23.5 Å². The van der Waals surface area contributed by atoms with Crippen molar-refractivity contribution in [3.05, 3.63) is 29.3 Å². The summed E-state index contributed by atoms with van der Waals surface area (Å²) in [4.78, 5) is 15.5. The number of thiol groups is 1. The zero-order chi connectivity index (χ0) is 12.7. The zero-order valence-electron chi connectivity index (χ0n) is 10.7. The van der Waals surface area contributed by atoms with E-state index in [1.54, 1.807) is 0 Å². The summed E-state index contributed by atoms with van der Waals surface area (Å²) < 4.78 is 0. The number of nitrogens with zero attached hydrogens (tertiary/aromatic N) is 1. The van der Waals surface area contributed by atoms with Crippen molar-refractivity contribution in [3.63, 3.8) is 0 Å². The number of carbonyl (C=O) groups is 1. The van der Waals surface area contributed by atoms with Crippen molar-refractivity contribution in [3.8, 4) is 0 Å². The highest BCUT2D eigenvalue weighted by Gasteiger charge is 2.38. The number of carbonyl (C=O) groups excluding carboxylic acids is 1. The fourth-order valence-electron chi connectivity index (χ4n) is 3.41. The Kier molecular flexibility index (Phi) is 3.10. The molecular formula is C15H19NOS. The lowest BCUT2D eigenvalue weighted by Crippen LogP contribution is -2.30. The Bertz CT molecular complexity index is 473.